The molecule has 0 N–H and O–H groups in total. The van der Waals surface area contributed by atoms with E-state index in [1.807, 2.05) is 12.2 Å². The minimum atomic E-state index is 0. The summed E-state index contributed by atoms with van der Waals surface area (Å²) < 4.78 is 1.42. The summed E-state index contributed by atoms with van der Waals surface area (Å²) >= 11 is 1.46. The first-order valence-corrected chi connectivity index (χ1v) is 13.7. The minimum Gasteiger partial charge on any atom is -1.00 e. The molecule has 0 atom stereocenters. The Bertz CT molecular complexity index is 1420. The number of hydrogen-bond acceptors (Lipinski definition) is 0. The molecule has 1 aliphatic carbocycles. The van der Waals surface area contributed by atoms with Crippen LogP contribution < -0.4 is 24.8 Å². The van der Waals surface area contributed by atoms with Gasteiger partial charge in [-0.25, -0.2) is 12.2 Å². The average molecular weight is 615 g/mol. The van der Waals surface area contributed by atoms with Gasteiger partial charge in [-0.05, 0) is 0 Å². The Morgan fingerprint density at radius 3 is 1.63 bits per heavy atom. The molecule has 6 rings (SSSR count). The Morgan fingerprint density at radius 1 is 0.684 bits per heavy atom. The Morgan fingerprint density at radius 2 is 1.18 bits per heavy atom. The molecule has 0 heterocycles. The van der Waals surface area contributed by atoms with E-state index in [0.717, 1.165) is 6.42 Å². The second-order valence-electron chi connectivity index (χ2n) is 9.89. The molecule has 5 aromatic carbocycles. The predicted molar refractivity (Wildman–Crippen MR) is 153 cm³/mol. The first kappa shape index (κ1) is 31.8. The zero-order chi connectivity index (χ0) is 25.4. The van der Waals surface area contributed by atoms with Crippen molar-refractivity contribution in [2.45, 2.75) is 32.6 Å². The third-order valence-corrected chi connectivity index (χ3v) is 7.63. The van der Waals surface area contributed by atoms with Crippen LogP contribution in [0.1, 0.15) is 43.9 Å². The van der Waals surface area contributed by atoms with Gasteiger partial charge in [-0.3, -0.25) is 6.08 Å². The van der Waals surface area contributed by atoms with Gasteiger partial charge >= 0.3 is 125 Å². The van der Waals surface area contributed by atoms with Crippen molar-refractivity contribution >= 4 is 24.8 Å². The molecule has 0 aromatic heterocycles. The monoisotopic (exact) mass is 612 g/mol. The van der Waals surface area contributed by atoms with E-state index in [9.17, 15) is 0 Å². The van der Waals surface area contributed by atoms with Crippen molar-refractivity contribution in [1.29, 1.82) is 0 Å². The zero-order valence-electron chi connectivity index (χ0n) is 22.1. The van der Waals surface area contributed by atoms with Crippen molar-refractivity contribution in [2.24, 2.45) is 0 Å². The molecule has 38 heavy (non-hydrogen) atoms. The van der Waals surface area contributed by atoms with E-state index < -0.39 is 0 Å². The Labute approximate surface area is 255 Å². The van der Waals surface area contributed by atoms with Crippen LogP contribution >= 0.6 is 0 Å². The normalized spacial score (nSPS) is 11.5. The summed E-state index contributed by atoms with van der Waals surface area (Å²) in [5.41, 5.74) is 4.29. The van der Waals surface area contributed by atoms with Crippen molar-refractivity contribution in [1.82, 2.24) is 0 Å². The van der Waals surface area contributed by atoms with Crippen LogP contribution in [0, 0.1) is 6.08 Å². The van der Waals surface area contributed by atoms with Gasteiger partial charge in [-0.1, -0.05) is 36.4 Å². The largest absolute Gasteiger partial charge is 1.00 e. The first-order valence-electron chi connectivity index (χ1n) is 12.4. The van der Waals surface area contributed by atoms with E-state index in [1.54, 1.807) is 0 Å². The van der Waals surface area contributed by atoms with Crippen molar-refractivity contribution in [3.8, 4) is 0 Å². The maximum absolute atomic E-state index is 2.99. The molecule has 0 fully saturated rings. The van der Waals surface area contributed by atoms with Gasteiger partial charge in [-0.2, -0.15) is 6.08 Å². The second-order valence-corrected chi connectivity index (χ2v) is 11.1. The van der Waals surface area contributed by atoms with Crippen LogP contribution in [-0.4, -0.2) is 3.21 Å². The molecule has 192 valence electrons. The molecule has 3 heteroatoms. The molecule has 0 saturated heterocycles. The first-order chi connectivity index (χ1) is 17.4. The summed E-state index contributed by atoms with van der Waals surface area (Å²) in [5, 5.41) is 5.39. The Balaban J connectivity index is 0.000000221. The van der Waals surface area contributed by atoms with Crippen LogP contribution in [0.3, 0.4) is 0 Å². The van der Waals surface area contributed by atoms with Crippen molar-refractivity contribution in [2.75, 3.05) is 0 Å². The van der Waals surface area contributed by atoms with Crippen molar-refractivity contribution in [3.63, 3.8) is 0 Å². The fourth-order valence-electron chi connectivity index (χ4n) is 4.15. The molecule has 0 bridgehead atoms. The van der Waals surface area contributed by atoms with E-state index in [4.69, 9.17) is 0 Å². The van der Waals surface area contributed by atoms with Crippen LogP contribution in [0.5, 0.6) is 0 Å². The van der Waals surface area contributed by atoms with Gasteiger partial charge in [0.1, 0.15) is 0 Å². The maximum atomic E-state index is 2.99. The SMILES string of the molecule is CC(C)(C)c1ccc([C](=[Zr+2])c2ccccc2)cc1.[C-]1=CC=CC1.[Cl-].[Cl-].c1ccc2c(c1)[cH-]c1ccccc12. The quantitative estimate of drug-likeness (QED) is 0.268. The Kier molecular flexibility index (Phi) is 12.7. The van der Waals surface area contributed by atoms with Crippen LogP contribution in [0.4, 0.5) is 0 Å². The van der Waals surface area contributed by atoms with Gasteiger partial charge < -0.3 is 24.8 Å². The smallest absolute Gasteiger partial charge is 0.0771 e. The van der Waals surface area contributed by atoms with Gasteiger partial charge in [0, 0.05) is 0 Å². The van der Waals surface area contributed by atoms with Crippen molar-refractivity contribution < 1.29 is 49.0 Å². The van der Waals surface area contributed by atoms with Gasteiger partial charge in [-0.15, -0.1) is 46.2 Å². The topological polar surface area (TPSA) is 0 Å². The third kappa shape index (κ3) is 8.54. The van der Waals surface area contributed by atoms with Crippen LogP contribution in [0.25, 0.3) is 21.5 Å². The van der Waals surface area contributed by atoms with Gasteiger partial charge in [0.2, 0.25) is 0 Å². The molecular formula is C35H32Cl2Zr-2. The molecule has 0 unspecified atom stereocenters. The number of hydrogen-bond donors (Lipinski definition) is 0. The number of benzene rings is 4. The third-order valence-electron chi connectivity index (χ3n) is 6.21. The molecule has 5 aromatic rings. The van der Waals surface area contributed by atoms with E-state index >= 15 is 0 Å². The number of fused-ring (bicyclic) bond motifs is 3. The van der Waals surface area contributed by atoms with E-state index in [2.05, 4.69) is 142 Å². The Hall–Kier alpha value is -2.44. The zero-order valence-corrected chi connectivity index (χ0v) is 26.1. The van der Waals surface area contributed by atoms with Crippen LogP contribution in [-0.2, 0) is 29.7 Å². The fourth-order valence-corrected chi connectivity index (χ4v) is 4.97. The minimum absolute atomic E-state index is 0. The number of allylic oxidation sites excluding steroid dienone is 4. The van der Waals surface area contributed by atoms with Crippen LogP contribution in [0.15, 0.2) is 127 Å². The molecular weight excluding hydrogens is 583 g/mol. The number of rotatable bonds is 2. The molecule has 1 aliphatic rings. The molecule has 0 aliphatic heterocycles. The van der Waals surface area contributed by atoms with Gasteiger partial charge in [0.25, 0.3) is 0 Å². The molecule has 0 amide bonds. The summed E-state index contributed by atoms with van der Waals surface area (Å²) in [4.78, 5) is 0. The second kappa shape index (κ2) is 15.2. The fraction of sp³-hybridized carbons (Fsp3) is 0.143. The van der Waals surface area contributed by atoms with Gasteiger partial charge in [0.15, 0.2) is 0 Å². The maximum Gasteiger partial charge on any atom is -0.0771 e. The van der Waals surface area contributed by atoms with E-state index in [1.165, 1.54) is 65.7 Å². The summed E-state index contributed by atoms with van der Waals surface area (Å²) in [6.45, 7) is 6.75. The molecule has 0 saturated carbocycles. The van der Waals surface area contributed by atoms with Crippen LogP contribution in [0.2, 0.25) is 0 Å². The summed E-state index contributed by atoms with van der Waals surface area (Å²) in [6.07, 6.45) is 10.0. The molecule has 0 spiro atoms. The van der Waals surface area contributed by atoms with Gasteiger partial charge in [0.05, 0.1) is 0 Å². The average Bonchev–Trinajstić information content (AvgIpc) is 3.61. The van der Waals surface area contributed by atoms with E-state index in [0.29, 0.717) is 0 Å². The molecule has 0 radical (unpaired) electrons. The van der Waals surface area contributed by atoms with E-state index in [-0.39, 0.29) is 30.2 Å². The summed E-state index contributed by atoms with van der Waals surface area (Å²) in [5.74, 6) is 0. The standard InChI is InChI=1S/C17H18.C13H9.C5H5.2ClH.Zr/c1-17(2,3)16-11-9-15(10-12-16)13-14-7-5-4-6-8-14;1-3-7-12-10(5-1)9-11-6-2-4-8-13(11)12;1-2-4-5-3-1;;;/h4-12H,1-3H3;1-9H;1-3H,4H2;2*1H;/q;2*-1;;;+2/p-2. The van der Waals surface area contributed by atoms with Crippen molar-refractivity contribution in [3.05, 3.63) is 150 Å². The number of halogens is 2. The summed E-state index contributed by atoms with van der Waals surface area (Å²) in [6, 6.07) is 38.9. The predicted octanol–water partition coefficient (Wildman–Crippen LogP) is 3.13. The summed E-state index contributed by atoms with van der Waals surface area (Å²) in [7, 11) is 0. The molecule has 0 nitrogen and oxygen atoms in total.